The van der Waals surface area contributed by atoms with Crippen LogP contribution in [0.3, 0.4) is 0 Å². The van der Waals surface area contributed by atoms with Crippen molar-refractivity contribution < 1.29 is 13.9 Å². The topological polar surface area (TPSA) is 39.4 Å². The van der Waals surface area contributed by atoms with Crippen molar-refractivity contribution in [3.63, 3.8) is 0 Å². The summed E-state index contributed by atoms with van der Waals surface area (Å²) >= 11 is 0. The third-order valence-corrected chi connectivity index (χ3v) is 5.18. The zero-order valence-electron chi connectivity index (χ0n) is 14.4. The number of carbonyl (C=O) groups excluding carboxylic acids is 1. The van der Waals surface area contributed by atoms with E-state index in [0.29, 0.717) is 6.42 Å². The van der Waals surface area contributed by atoms with Gasteiger partial charge in [0.1, 0.15) is 17.1 Å². The van der Waals surface area contributed by atoms with E-state index in [1.165, 1.54) is 0 Å². The number of benzene rings is 1. The lowest BCUT2D eigenvalue weighted by molar-refractivity contribution is -0.115. The molecule has 0 atom stereocenters. The standard InChI is InChI=1S/C21H22O3/c1-21(2)11-5-7-14-15(6-4-8-17(14)22)19-16-12-13(23-3)9-10-18(16)24-20(19)21/h5,7,9-10,12H,4,6,8,11H2,1-3H3/b7-5-. The van der Waals surface area contributed by atoms with Gasteiger partial charge in [-0.05, 0) is 43.0 Å². The van der Waals surface area contributed by atoms with Crippen molar-refractivity contribution in [2.45, 2.75) is 44.9 Å². The van der Waals surface area contributed by atoms with Gasteiger partial charge in [0.2, 0.25) is 0 Å². The lowest BCUT2D eigenvalue weighted by atomic mass is 9.76. The molecule has 1 aromatic carbocycles. The van der Waals surface area contributed by atoms with Gasteiger partial charge in [-0.15, -0.1) is 0 Å². The lowest BCUT2D eigenvalue weighted by Gasteiger charge is -2.27. The van der Waals surface area contributed by atoms with Crippen molar-refractivity contribution in [2.24, 2.45) is 0 Å². The molecule has 0 bridgehead atoms. The molecule has 2 aromatic rings. The lowest BCUT2D eigenvalue weighted by Crippen LogP contribution is -2.20. The van der Waals surface area contributed by atoms with Crippen LogP contribution in [-0.4, -0.2) is 12.9 Å². The molecular weight excluding hydrogens is 300 g/mol. The predicted molar refractivity (Wildman–Crippen MR) is 95.3 cm³/mol. The Morgan fingerprint density at radius 2 is 2.04 bits per heavy atom. The second-order valence-electron chi connectivity index (χ2n) is 7.33. The Hall–Kier alpha value is -2.29. The molecular formula is C21H22O3. The Bertz CT molecular complexity index is 893. The fourth-order valence-electron chi connectivity index (χ4n) is 3.86. The number of ketones is 1. The van der Waals surface area contributed by atoms with E-state index < -0.39 is 0 Å². The number of Topliss-reactive ketones (excluding diaryl/α,β-unsaturated/α-hetero) is 1. The average Bonchev–Trinajstić information content (AvgIpc) is 2.94. The summed E-state index contributed by atoms with van der Waals surface area (Å²) in [7, 11) is 1.67. The quantitative estimate of drug-likeness (QED) is 0.725. The summed E-state index contributed by atoms with van der Waals surface area (Å²) < 4.78 is 11.7. The smallest absolute Gasteiger partial charge is 0.163 e. The summed E-state index contributed by atoms with van der Waals surface area (Å²) in [5, 5.41) is 1.05. The number of rotatable bonds is 1. The Balaban J connectivity index is 2.10. The SMILES string of the molecule is COc1ccc2oc3c(c2c1)C1=C(/C=C\CC3(C)C)C(=O)CCC1. The maximum absolute atomic E-state index is 12.5. The number of methoxy groups -OCH3 is 1. The van der Waals surface area contributed by atoms with E-state index in [1.807, 2.05) is 24.3 Å². The number of ether oxygens (including phenoxy) is 1. The minimum Gasteiger partial charge on any atom is -0.497 e. The van der Waals surface area contributed by atoms with Crippen molar-refractivity contribution in [3.05, 3.63) is 47.2 Å². The predicted octanol–water partition coefficient (Wildman–Crippen LogP) is 5.19. The number of hydrogen-bond acceptors (Lipinski definition) is 3. The molecule has 0 radical (unpaired) electrons. The highest BCUT2D eigenvalue weighted by Gasteiger charge is 2.34. The molecule has 24 heavy (non-hydrogen) atoms. The molecule has 0 aliphatic heterocycles. The molecule has 1 heterocycles. The van der Waals surface area contributed by atoms with Gasteiger partial charge in [-0.2, -0.15) is 0 Å². The normalized spacial score (nSPS) is 21.0. The van der Waals surface area contributed by atoms with Gasteiger partial charge >= 0.3 is 0 Å². The van der Waals surface area contributed by atoms with E-state index in [0.717, 1.165) is 58.5 Å². The highest BCUT2D eigenvalue weighted by molar-refractivity contribution is 6.09. The van der Waals surface area contributed by atoms with Crippen LogP contribution in [0, 0.1) is 0 Å². The molecule has 1 aromatic heterocycles. The van der Waals surface area contributed by atoms with Crippen LogP contribution in [0.15, 0.2) is 40.3 Å². The van der Waals surface area contributed by atoms with Crippen LogP contribution >= 0.6 is 0 Å². The van der Waals surface area contributed by atoms with Gasteiger partial charge in [-0.25, -0.2) is 0 Å². The molecule has 0 fully saturated rings. The summed E-state index contributed by atoms with van der Waals surface area (Å²) in [6.07, 6.45) is 7.46. The maximum atomic E-state index is 12.5. The molecule has 4 rings (SSSR count). The van der Waals surface area contributed by atoms with Crippen LogP contribution in [-0.2, 0) is 10.2 Å². The zero-order chi connectivity index (χ0) is 16.9. The van der Waals surface area contributed by atoms with Gasteiger partial charge < -0.3 is 9.15 Å². The molecule has 0 amide bonds. The Morgan fingerprint density at radius 1 is 1.21 bits per heavy atom. The van der Waals surface area contributed by atoms with Gasteiger partial charge in [0.05, 0.1) is 7.11 Å². The molecule has 0 saturated carbocycles. The van der Waals surface area contributed by atoms with Crippen molar-refractivity contribution in [1.82, 2.24) is 0 Å². The molecule has 3 nitrogen and oxygen atoms in total. The third kappa shape index (κ3) is 2.22. The monoisotopic (exact) mass is 322 g/mol. The molecule has 0 spiro atoms. The van der Waals surface area contributed by atoms with E-state index in [-0.39, 0.29) is 11.2 Å². The summed E-state index contributed by atoms with van der Waals surface area (Å²) in [6, 6.07) is 5.92. The number of furan rings is 1. The molecule has 0 unspecified atom stereocenters. The maximum Gasteiger partial charge on any atom is 0.163 e. The molecule has 2 aliphatic carbocycles. The highest BCUT2D eigenvalue weighted by atomic mass is 16.5. The summed E-state index contributed by atoms with van der Waals surface area (Å²) in [5.74, 6) is 2.04. The van der Waals surface area contributed by atoms with Gasteiger partial charge in [-0.1, -0.05) is 26.0 Å². The molecule has 0 saturated heterocycles. The van der Waals surface area contributed by atoms with Crippen LogP contribution in [0.5, 0.6) is 5.75 Å². The first kappa shape index (κ1) is 15.3. The minimum absolute atomic E-state index is 0.114. The second-order valence-corrected chi connectivity index (χ2v) is 7.33. The third-order valence-electron chi connectivity index (χ3n) is 5.18. The second kappa shape index (κ2) is 5.37. The largest absolute Gasteiger partial charge is 0.497 e. The highest BCUT2D eigenvalue weighted by Crippen LogP contribution is 2.46. The summed E-state index contributed by atoms with van der Waals surface area (Å²) in [4.78, 5) is 12.5. The van der Waals surface area contributed by atoms with Crippen LogP contribution in [0.25, 0.3) is 16.5 Å². The fraction of sp³-hybridized carbons (Fsp3) is 0.381. The number of allylic oxidation sites excluding steroid dienone is 4. The number of carbonyl (C=O) groups is 1. The van der Waals surface area contributed by atoms with Gasteiger partial charge in [0.15, 0.2) is 5.78 Å². The van der Waals surface area contributed by atoms with Crippen LogP contribution in [0.4, 0.5) is 0 Å². The minimum atomic E-state index is -0.114. The van der Waals surface area contributed by atoms with Crippen LogP contribution in [0.1, 0.15) is 50.9 Å². The van der Waals surface area contributed by atoms with Crippen molar-refractivity contribution in [2.75, 3.05) is 7.11 Å². The van der Waals surface area contributed by atoms with E-state index in [9.17, 15) is 4.79 Å². The van der Waals surface area contributed by atoms with E-state index >= 15 is 0 Å². The van der Waals surface area contributed by atoms with Crippen molar-refractivity contribution >= 4 is 22.3 Å². The van der Waals surface area contributed by atoms with Crippen LogP contribution in [0.2, 0.25) is 0 Å². The Kier molecular flexibility index (Phi) is 3.41. The van der Waals surface area contributed by atoms with E-state index in [4.69, 9.17) is 9.15 Å². The van der Waals surface area contributed by atoms with Gasteiger partial charge in [0, 0.05) is 28.4 Å². The summed E-state index contributed by atoms with van der Waals surface area (Å²) in [5.41, 5.74) is 3.86. The number of fused-ring (bicyclic) bond motifs is 4. The molecule has 3 heteroatoms. The van der Waals surface area contributed by atoms with Crippen molar-refractivity contribution in [3.8, 4) is 5.75 Å². The first-order valence-corrected chi connectivity index (χ1v) is 8.55. The van der Waals surface area contributed by atoms with Gasteiger partial charge in [-0.3, -0.25) is 4.79 Å². The van der Waals surface area contributed by atoms with E-state index in [1.54, 1.807) is 7.11 Å². The van der Waals surface area contributed by atoms with E-state index in [2.05, 4.69) is 19.9 Å². The molecule has 0 N–H and O–H groups in total. The van der Waals surface area contributed by atoms with Gasteiger partial charge in [0.25, 0.3) is 0 Å². The first-order valence-electron chi connectivity index (χ1n) is 8.55. The number of hydrogen-bond donors (Lipinski definition) is 0. The van der Waals surface area contributed by atoms with Crippen molar-refractivity contribution in [1.29, 1.82) is 0 Å². The Morgan fingerprint density at radius 3 is 2.83 bits per heavy atom. The average molecular weight is 322 g/mol. The first-order chi connectivity index (χ1) is 11.5. The van der Waals surface area contributed by atoms with Crippen LogP contribution < -0.4 is 4.74 Å². The summed E-state index contributed by atoms with van der Waals surface area (Å²) in [6.45, 7) is 4.40. The fourth-order valence-corrected chi connectivity index (χ4v) is 3.86. The Labute approximate surface area is 142 Å². The molecule has 124 valence electrons. The molecule has 2 aliphatic rings. The zero-order valence-corrected chi connectivity index (χ0v) is 14.4.